The van der Waals surface area contributed by atoms with E-state index < -0.39 is 17.6 Å². The highest BCUT2D eigenvalue weighted by Gasteiger charge is 2.43. The number of fused-ring (bicyclic) bond motifs is 1. The lowest BCUT2D eigenvalue weighted by atomic mass is 10.00. The zero-order valence-corrected chi connectivity index (χ0v) is 19.7. The Morgan fingerprint density at radius 1 is 1.09 bits per heavy atom. The first-order valence-corrected chi connectivity index (χ1v) is 12.2. The fraction of sp³-hybridized carbons (Fsp3) is 0.600. The van der Waals surface area contributed by atoms with Crippen molar-refractivity contribution in [2.45, 2.75) is 37.9 Å². The minimum absolute atomic E-state index is 0.0832. The lowest BCUT2D eigenvalue weighted by molar-refractivity contribution is -0.137. The van der Waals surface area contributed by atoms with Crippen molar-refractivity contribution < 1.29 is 27.0 Å². The number of anilines is 1. The first kappa shape index (κ1) is 24.2. The Morgan fingerprint density at radius 3 is 2.46 bits per heavy atom. The van der Waals surface area contributed by atoms with Gasteiger partial charge in [-0.3, -0.25) is 0 Å². The van der Waals surface area contributed by atoms with Crippen LogP contribution in [0, 0.1) is 23.6 Å². The number of alkyl halides is 3. The van der Waals surface area contributed by atoms with Crippen LogP contribution in [0.2, 0.25) is 0 Å². The fourth-order valence-electron chi connectivity index (χ4n) is 5.88. The third-order valence-corrected chi connectivity index (χ3v) is 7.56. The predicted octanol–water partition coefficient (Wildman–Crippen LogP) is 4.86. The minimum Gasteiger partial charge on any atom is -0.496 e. The molecule has 0 bridgehead atoms. The molecule has 5 rings (SSSR count). The van der Waals surface area contributed by atoms with Crippen molar-refractivity contribution in [3.63, 3.8) is 0 Å². The van der Waals surface area contributed by atoms with Crippen LogP contribution in [0.25, 0.3) is 11.3 Å². The largest absolute Gasteiger partial charge is 0.496 e. The van der Waals surface area contributed by atoms with Crippen LogP contribution < -0.4 is 10.1 Å². The number of benzene rings is 1. The van der Waals surface area contributed by atoms with Gasteiger partial charge in [-0.15, -0.1) is 10.2 Å². The van der Waals surface area contributed by atoms with Gasteiger partial charge in [-0.25, -0.2) is 4.39 Å². The van der Waals surface area contributed by atoms with Gasteiger partial charge in [0.2, 0.25) is 0 Å². The number of ether oxygens (including phenoxy) is 2. The van der Waals surface area contributed by atoms with Crippen LogP contribution in [0.1, 0.15) is 31.2 Å². The molecule has 2 aliphatic heterocycles. The van der Waals surface area contributed by atoms with E-state index in [1.54, 1.807) is 0 Å². The van der Waals surface area contributed by atoms with Crippen LogP contribution in [0.5, 0.6) is 5.75 Å². The van der Waals surface area contributed by atoms with Crippen molar-refractivity contribution in [1.29, 1.82) is 0 Å². The molecule has 3 fully saturated rings. The number of halogens is 4. The quantitative estimate of drug-likeness (QED) is 0.579. The van der Waals surface area contributed by atoms with Gasteiger partial charge in [0.05, 0.1) is 12.8 Å². The highest BCUT2D eigenvalue weighted by molar-refractivity contribution is 5.69. The summed E-state index contributed by atoms with van der Waals surface area (Å²) in [6.45, 7) is 4.76. The number of hydrogen-bond acceptors (Lipinski definition) is 6. The maximum absolute atomic E-state index is 14.0. The molecule has 3 heterocycles. The van der Waals surface area contributed by atoms with Crippen molar-refractivity contribution in [3.05, 3.63) is 35.6 Å². The van der Waals surface area contributed by atoms with Gasteiger partial charge < -0.3 is 19.7 Å². The molecule has 0 radical (unpaired) electrons. The standard InChI is InChI=1S/C25H30F4N4O2/c1-34-23-3-2-18(26)10-20(23)22-11-21(25(27,28)29)24(32-31-22)30-19-8-16-13-33(14-17(16)9-19)12-15-4-6-35-7-5-15/h2-3,10-11,15-17,19H,4-9,12-14H2,1H3,(H,30,32)/t16-,17+,19+. The summed E-state index contributed by atoms with van der Waals surface area (Å²) in [5.41, 5.74) is -0.879. The van der Waals surface area contributed by atoms with E-state index in [-0.39, 0.29) is 28.9 Å². The van der Waals surface area contributed by atoms with Crippen LogP contribution >= 0.6 is 0 Å². The predicted molar refractivity (Wildman–Crippen MR) is 123 cm³/mol. The highest BCUT2D eigenvalue weighted by Crippen LogP contribution is 2.42. The molecule has 190 valence electrons. The maximum atomic E-state index is 14.0. The average Bonchev–Trinajstić information content (AvgIpc) is 3.37. The lowest BCUT2D eigenvalue weighted by Gasteiger charge is -2.28. The van der Waals surface area contributed by atoms with E-state index in [1.165, 1.54) is 19.2 Å². The summed E-state index contributed by atoms with van der Waals surface area (Å²) in [6, 6.07) is 4.46. The van der Waals surface area contributed by atoms with Crippen LogP contribution in [0.15, 0.2) is 24.3 Å². The van der Waals surface area contributed by atoms with Crippen molar-refractivity contribution in [3.8, 4) is 17.0 Å². The first-order valence-electron chi connectivity index (χ1n) is 12.2. The van der Waals surface area contributed by atoms with Crippen molar-refractivity contribution in [2.75, 3.05) is 45.3 Å². The van der Waals surface area contributed by atoms with Crippen LogP contribution in [0.4, 0.5) is 23.4 Å². The van der Waals surface area contributed by atoms with Crippen molar-refractivity contribution in [2.24, 2.45) is 17.8 Å². The summed E-state index contributed by atoms with van der Waals surface area (Å²) in [7, 11) is 1.37. The minimum atomic E-state index is -4.64. The van der Waals surface area contributed by atoms with E-state index in [2.05, 4.69) is 20.4 Å². The summed E-state index contributed by atoms with van der Waals surface area (Å²) in [5.74, 6) is 0.984. The number of aromatic nitrogens is 2. The molecule has 10 heteroatoms. The normalized spacial score (nSPS) is 25.6. The van der Waals surface area contributed by atoms with E-state index in [1.807, 2.05) is 0 Å². The monoisotopic (exact) mass is 494 g/mol. The van der Waals surface area contributed by atoms with Gasteiger partial charge in [-0.2, -0.15) is 13.2 Å². The highest BCUT2D eigenvalue weighted by atomic mass is 19.4. The smallest absolute Gasteiger partial charge is 0.420 e. The molecular formula is C25H30F4N4O2. The number of nitrogens with zero attached hydrogens (tertiary/aromatic N) is 3. The van der Waals surface area contributed by atoms with E-state index in [9.17, 15) is 17.6 Å². The van der Waals surface area contributed by atoms with Gasteiger partial charge in [-0.05, 0) is 67.7 Å². The zero-order valence-electron chi connectivity index (χ0n) is 19.7. The Kier molecular flexibility index (Phi) is 6.85. The molecule has 2 saturated heterocycles. The molecule has 3 aliphatic rings. The van der Waals surface area contributed by atoms with Crippen LogP contribution in [0.3, 0.4) is 0 Å². The first-order chi connectivity index (χ1) is 16.8. The number of hydrogen-bond donors (Lipinski definition) is 1. The summed E-state index contributed by atoms with van der Waals surface area (Å²) >= 11 is 0. The average molecular weight is 495 g/mol. The second-order valence-corrected chi connectivity index (χ2v) is 9.94. The molecule has 0 amide bonds. The third-order valence-electron chi connectivity index (χ3n) is 7.56. The molecule has 2 aromatic rings. The Morgan fingerprint density at radius 2 is 1.80 bits per heavy atom. The van der Waals surface area contributed by atoms with Crippen LogP contribution in [-0.2, 0) is 10.9 Å². The molecule has 1 saturated carbocycles. The summed E-state index contributed by atoms with van der Waals surface area (Å²) in [6.07, 6.45) is -0.803. The molecule has 1 aliphatic carbocycles. The molecule has 6 nitrogen and oxygen atoms in total. The Bertz CT molecular complexity index is 1030. The fourth-order valence-corrected chi connectivity index (χ4v) is 5.88. The molecule has 1 N–H and O–H groups in total. The van der Waals surface area contributed by atoms with Gasteiger partial charge in [0, 0.05) is 44.5 Å². The molecule has 1 aromatic heterocycles. The molecule has 35 heavy (non-hydrogen) atoms. The van der Waals surface area contributed by atoms with E-state index >= 15 is 0 Å². The van der Waals surface area contributed by atoms with Crippen LogP contribution in [-0.4, -0.2) is 61.1 Å². The molecule has 1 aromatic carbocycles. The van der Waals surface area contributed by atoms with Gasteiger partial charge in [-0.1, -0.05) is 0 Å². The van der Waals surface area contributed by atoms with Gasteiger partial charge in [0.25, 0.3) is 0 Å². The second kappa shape index (κ2) is 9.89. The Balaban J connectivity index is 1.28. The third kappa shape index (κ3) is 5.38. The van der Waals surface area contributed by atoms with Crippen molar-refractivity contribution >= 4 is 5.82 Å². The number of rotatable bonds is 6. The van der Waals surface area contributed by atoms with Crippen molar-refractivity contribution in [1.82, 2.24) is 15.1 Å². The van der Waals surface area contributed by atoms with E-state index in [0.29, 0.717) is 17.8 Å². The number of methoxy groups -OCH3 is 1. The lowest BCUT2D eigenvalue weighted by Crippen LogP contribution is -2.32. The van der Waals surface area contributed by atoms with Gasteiger partial charge >= 0.3 is 6.18 Å². The summed E-state index contributed by atoms with van der Waals surface area (Å²) < 4.78 is 66.3. The Labute approximate surface area is 202 Å². The summed E-state index contributed by atoms with van der Waals surface area (Å²) in [5, 5.41) is 10.9. The van der Waals surface area contributed by atoms with E-state index in [4.69, 9.17) is 9.47 Å². The van der Waals surface area contributed by atoms with E-state index in [0.717, 1.165) is 70.7 Å². The SMILES string of the molecule is COc1ccc(F)cc1-c1cc(C(F)(F)F)c(N[C@H]2C[C@@H]3CN(CC4CCOCC4)C[C@@H]3C2)nn1. The van der Waals surface area contributed by atoms with Gasteiger partial charge in [0.15, 0.2) is 5.82 Å². The van der Waals surface area contributed by atoms with Gasteiger partial charge in [0.1, 0.15) is 17.1 Å². The Hall–Kier alpha value is -2.46. The molecule has 3 atom stereocenters. The number of nitrogens with one attached hydrogen (secondary N) is 1. The zero-order chi connectivity index (χ0) is 24.6. The summed E-state index contributed by atoms with van der Waals surface area (Å²) in [4.78, 5) is 2.52. The molecule has 0 spiro atoms. The second-order valence-electron chi connectivity index (χ2n) is 9.94. The number of likely N-dealkylation sites (tertiary alicyclic amines) is 1. The molecule has 0 unspecified atom stereocenters. The topological polar surface area (TPSA) is 59.5 Å². The molecular weight excluding hydrogens is 464 g/mol. The maximum Gasteiger partial charge on any atom is 0.420 e.